The Morgan fingerprint density at radius 3 is 2.21 bits per heavy atom. The van der Waals surface area contributed by atoms with E-state index >= 15 is 0 Å². The summed E-state index contributed by atoms with van der Waals surface area (Å²) in [4.78, 5) is 0. The van der Waals surface area contributed by atoms with Crippen molar-refractivity contribution in [3.8, 4) is 0 Å². The molecular formula is C10H19NO2S. The molecule has 0 bridgehead atoms. The standard InChI is InChI=1S/C10H19NO2S/c12-14(13,8-9-6-7-9)11-10-4-2-1-3-5-10/h9-11H,1-8H2. The van der Waals surface area contributed by atoms with Crippen LogP contribution in [0.4, 0.5) is 0 Å². The van der Waals surface area contributed by atoms with Gasteiger partial charge in [-0.15, -0.1) is 0 Å². The molecule has 0 spiro atoms. The summed E-state index contributed by atoms with van der Waals surface area (Å²) < 4.78 is 26.1. The number of nitrogens with one attached hydrogen (secondary N) is 1. The van der Waals surface area contributed by atoms with Gasteiger partial charge in [0.25, 0.3) is 0 Å². The zero-order chi connectivity index (χ0) is 10.0. The maximum atomic E-state index is 11.6. The average Bonchev–Trinajstić information content (AvgIpc) is 2.88. The van der Waals surface area contributed by atoms with Gasteiger partial charge in [0.1, 0.15) is 0 Å². The van der Waals surface area contributed by atoms with Crippen LogP contribution < -0.4 is 4.72 Å². The fraction of sp³-hybridized carbons (Fsp3) is 1.00. The molecule has 2 fully saturated rings. The molecule has 2 saturated carbocycles. The van der Waals surface area contributed by atoms with E-state index in [1.165, 1.54) is 19.3 Å². The number of rotatable bonds is 4. The Bertz CT molecular complexity index is 276. The van der Waals surface area contributed by atoms with E-state index in [1.54, 1.807) is 0 Å². The van der Waals surface area contributed by atoms with Crippen molar-refractivity contribution in [3.63, 3.8) is 0 Å². The summed E-state index contributed by atoms with van der Waals surface area (Å²) in [7, 11) is -2.97. The van der Waals surface area contributed by atoms with Crippen molar-refractivity contribution in [2.45, 2.75) is 51.0 Å². The topological polar surface area (TPSA) is 46.2 Å². The first-order chi connectivity index (χ1) is 6.66. The minimum atomic E-state index is -2.97. The Morgan fingerprint density at radius 1 is 1.00 bits per heavy atom. The molecule has 2 aliphatic rings. The molecule has 82 valence electrons. The predicted octanol–water partition coefficient (Wildman–Crippen LogP) is 1.65. The van der Waals surface area contributed by atoms with Crippen LogP contribution in [0.1, 0.15) is 44.9 Å². The van der Waals surface area contributed by atoms with Crippen molar-refractivity contribution in [2.24, 2.45) is 5.92 Å². The van der Waals surface area contributed by atoms with Gasteiger partial charge in [0.05, 0.1) is 5.75 Å². The quantitative estimate of drug-likeness (QED) is 0.778. The van der Waals surface area contributed by atoms with Crippen molar-refractivity contribution in [1.82, 2.24) is 4.72 Å². The Hall–Kier alpha value is -0.0900. The van der Waals surface area contributed by atoms with Gasteiger partial charge >= 0.3 is 0 Å². The Balaban J connectivity index is 1.81. The molecule has 0 saturated heterocycles. The van der Waals surface area contributed by atoms with E-state index in [4.69, 9.17) is 0 Å². The van der Waals surface area contributed by atoms with Crippen LogP contribution in [0.15, 0.2) is 0 Å². The van der Waals surface area contributed by atoms with Crippen LogP contribution in [-0.2, 0) is 10.0 Å². The van der Waals surface area contributed by atoms with Crippen molar-refractivity contribution >= 4 is 10.0 Å². The maximum absolute atomic E-state index is 11.6. The van der Waals surface area contributed by atoms with Crippen LogP contribution in [0.3, 0.4) is 0 Å². The Kier molecular flexibility index (Phi) is 3.12. The third-order valence-corrected chi connectivity index (χ3v) is 4.71. The lowest BCUT2D eigenvalue weighted by atomic mass is 9.96. The molecule has 0 aromatic heterocycles. The van der Waals surface area contributed by atoms with Gasteiger partial charge < -0.3 is 0 Å². The van der Waals surface area contributed by atoms with Gasteiger partial charge in [0.2, 0.25) is 10.0 Å². The highest BCUT2D eigenvalue weighted by Gasteiger charge is 2.29. The van der Waals surface area contributed by atoms with Crippen LogP contribution >= 0.6 is 0 Å². The predicted molar refractivity (Wildman–Crippen MR) is 56.5 cm³/mol. The summed E-state index contributed by atoms with van der Waals surface area (Å²) >= 11 is 0. The van der Waals surface area contributed by atoms with Crippen LogP contribution in [0.2, 0.25) is 0 Å². The van der Waals surface area contributed by atoms with E-state index in [1.807, 2.05) is 0 Å². The number of hydrogen-bond acceptors (Lipinski definition) is 2. The summed E-state index contributed by atoms with van der Waals surface area (Å²) in [6.45, 7) is 0. The summed E-state index contributed by atoms with van der Waals surface area (Å²) in [5.74, 6) is 0.819. The highest BCUT2D eigenvalue weighted by atomic mass is 32.2. The monoisotopic (exact) mass is 217 g/mol. The molecule has 4 heteroatoms. The molecule has 0 atom stereocenters. The SMILES string of the molecule is O=S(=O)(CC1CC1)NC1CCCCC1. The van der Waals surface area contributed by atoms with Crippen molar-refractivity contribution in [3.05, 3.63) is 0 Å². The van der Waals surface area contributed by atoms with Crippen molar-refractivity contribution in [2.75, 3.05) is 5.75 Å². The third kappa shape index (κ3) is 3.24. The number of sulfonamides is 1. The molecule has 0 amide bonds. The molecule has 1 N–H and O–H groups in total. The summed E-state index contributed by atoms with van der Waals surface area (Å²) in [5, 5.41) is 0. The average molecular weight is 217 g/mol. The first-order valence-electron chi connectivity index (χ1n) is 5.66. The van der Waals surface area contributed by atoms with Gasteiger partial charge in [-0.25, -0.2) is 13.1 Å². The summed E-state index contributed by atoms with van der Waals surface area (Å²) in [6.07, 6.45) is 7.89. The van der Waals surface area contributed by atoms with Gasteiger partial charge in [0, 0.05) is 6.04 Å². The highest BCUT2D eigenvalue weighted by molar-refractivity contribution is 7.89. The van der Waals surface area contributed by atoms with Gasteiger partial charge in [0.15, 0.2) is 0 Å². The fourth-order valence-electron chi connectivity index (χ4n) is 2.12. The second-order valence-electron chi connectivity index (χ2n) is 4.68. The van der Waals surface area contributed by atoms with E-state index in [-0.39, 0.29) is 6.04 Å². The van der Waals surface area contributed by atoms with Gasteiger partial charge in [-0.05, 0) is 31.6 Å². The molecule has 0 aliphatic heterocycles. The molecule has 14 heavy (non-hydrogen) atoms. The largest absolute Gasteiger partial charge is 0.212 e. The van der Waals surface area contributed by atoms with Gasteiger partial charge in [-0.2, -0.15) is 0 Å². The molecule has 2 rings (SSSR count). The molecule has 0 unspecified atom stereocenters. The van der Waals surface area contributed by atoms with E-state index in [0.717, 1.165) is 25.7 Å². The van der Waals surface area contributed by atoms with E-state index in [0.29, 0.717) is 11.7 Å². The van der Waals surface area contributed by atoms with Gasteiger partial charge in [-0.3, -0.25) is 0 Å². The zero-order valence-electron chi connectivity index (χ0n) is 8.54. The molecule has 0 heterocycles. The Morgan fingerprint density at radius 2 is 1.64 bits per heavy atom. The summed E-state index contributed by atoms with van der Waals surface area (Å²) in [6, 6.07) is 0.229. The third-order valence-electron chi connectivity index (χ3n) is 3.10. The van der Waals surface area contributed by atoms with Gasteiger partial charge in [-0.1, -0.05) is 19.3 Å². The van der Waals surface area contributed by atoms with Crippen LogP contribution in [0.5, 0.6) is 0 Å². The fourth-order valence-corrected chi connectivity index (χ4v) is 3.91. The Labute approximate surface area is 86.3 Å². The molecule has 0 radical (unpaired) electrons. The molecule has 3 nitrogen and oxygen atoms in total. The molecule has 0 aromatic carbocycles. The lowest BCUT2D eigenvalue weighted by molar-refractivity contribution is 0.411. The van der Waals surface area contributed by atoms with Crippen molar-refractivity contribution < 1.29 is 8.42 Å². The summed E-state index contributed by atoms with van der Waals surface area (Å²) in [5.41, 5.74) is 0. The highest BCUT2D eigenvalue weighted by Crippen LogP contribution is 2.30. The smallest absolute Gasteiger partial charge is 0.212 e. The van der Waals surface area contributed by atoms with Crippen LogP contribution in [0, 0.1) is 5.92 Å². The second kappa shape index (κ2) is 4.19. The minimum absolute atomic E-state index is 0.229. The lowest BCUT2D eigenvalue weighted by Gasteiger charge is -2.22. The zero-order valence-corrected chi connectivity index (χ0v) is 9.35. The second-order valence-corrected chi connectivity index (χ2v) is 6.48. The first kappa shape index (κ1) is 10.4. The van der Waals surface area contributed by atoms with Crippen molar-refractivity contribution in [1.29, 1.82) is 0 Å². The maximum Gasteiger partial charge on any atom is 0.212 e. The van der Waals surface area contributed by atoms with E-state index < -0.39 is 10.0 Å². The normalized spacial score (nSPS) is 25.1. The van der Waals surface area contributed by atoms with E-state index in [2.05, 4.69) is 4.72 Å². The van der Waals surface area contributed by atoms with Crippen LogP contribution in [0.25, 0.3) is 0 Å². The molecular weight excluding hydrogens is 198 g/mol. The minimum Gasteiger partial charge on any atom is -0.212 e. The molecule has 2 aliphatic carbocycles. The lowest BCUT2D eigenvalue weighted by Crippen LogP contribution is -2.37. The van der Waals surface area contributed by atoms with E-state index in [9.17, 15) is 8.42 Å². The van der Waals surface area contributed by atoms with Crippen LogP contribution in [-0.4, -0.2) is 20.2 Å². The first-order valence-corrected chi connectivity index (χ1v) is 7.31. The number of hydrogen-bond donors (Lipinski definition) is 1. The molecule has 0 aromatic rings.